The molecule has 0 amide bonds. The minimum absolute atomic E-state index is 0.579. The van der Waals surface area contributed by atoms with Crippen LogP contribution in [-0.4, -0.2) is 20.6 Å². The van der Waals surface area contributed by atoms with Gasteiger partial charge >= 0.3 is 0 Å². The molecule has 5 rings (SSSR count). The second-order valence-corrected chi connectivity index (χ2v) is 6.65. The van der Waals surface area contributed by atoms with Crippen molar-refractivity contribution >= 4 is 22.4 Å². The van der Waals surface area contributed by atoms with Crippen molar-refractivity contribution in [3.8, 4) is 0 Å². The largest absolute Gasteiger partial charge is 0.339 e. The van der Waals surface area contributed by atoms with Crippen LogP contribution in [0.5, 0.6) is 0 Å². The SMILES string of the molecule is Cc1nn(C2CCC2)c2ccc(NC3=NCc4cccnc43)cc12. The van der Waals surface area contributed by atoms with Gasteiger partial charge < -0.3 is 5.32 Å². The van der Waals surface area contributed by atoms with Gasteiger partial charge in [-0.1, -0.05) is 6.07 Å². The van der Waals surface area contributed by atoms with Crippen molar-refractivity contribution in [2.45, 2.75) is 38.8 Å². The van der Waals surface area contributed by atoms with Gasteiger partial charge in [-0.25, -0.2) is 0 Å². The number of anilines is 1. The van der Waals surface area contributed by atoms with E-state index < -0.39 is 0 Å². The number of aliphatic imine (C=N–C) groups is 1. The van der Waals surface area contributed by atoms with Crippen LogP contribution in [0.25, 0.3) is 10.9 Å². The van der Waals surface area contributed by atoms with Crippen LogP contribution in [-0.2, 0) is 6.54 Å². The fraction of sp³-hybridized carbons (Fsp3) is 0.316. The highest BCUT2D eigenvalue weighted by atomic mass is 15.3. The molecule has 5 nitrogen and oxygen atoms in total. The molecule has 24 heavy (non-hydrogen) atoms. The van der Waals surface area contributed by atoms with E-state index in [1.54, 1.807) is 0 Å². The van der Waals surface area contributed by atoms with E-state index in [2.05, 4.69) is 51.2 Å². The predicted molar refractivity (Wildman–Crippen MR) is 95.5 cm³/mol. The summed E-state index contributed by atoms with van der Waals surface area (Å²) in [5.74, 6) is 0.856. The third-order valence-electron chi connectivity index (χ3n) is 5.10. The van der Waals surface area contributed by atoms with Crippen molar-refractivity contribution < 1.29 is 0 Å². The van der Waals surface area contributed by atoms with Crippen LogP contribution in [0.3, 0.4) is 0 Å². The molecule has 0 unspecified atom stereocenters. The second kappa shape index (κ2) is 5.16. The summed E-state index contributed by atoms with van der Waals surface area (Å²) < 4.78 is 2.21. The zero-order valence-corrected chi connectivity index (χ0v) is 13.7. The Morgan fingerprint density at radius 2 is 2.12 bits per heavy atom. The molecule has 0 atom stereocenters. The average molecular weight is 317 g/mol. The molecule has 5 heteroatoms. The third-order valence-corrected chi connectivity index (χ3v) is 5.10. The fourth-order valence-corrected chi connectivity index (χ4v) is 3.54. The maximum absolute atomic E-state index is 4.77. The minimum Gasteiger partial charge on any atom is -0.339 e. The lowest BCUT2D eigenvalue weighted by atomic mass is 9.93. The zero-order chi connectivity index (χ0) is 16.1. The Labute approximate surface area is 140 Å². The molecule has 1 aromatic carbocycles. The smallest absolute Gasteiger partial charge is 0.152 e. The molecule has 3 heterocycles. The summed E-state index contributed by atoms with van der Waals surface area (Å²) in [6, 6.07) is 11.1. The summed E-state index contributed by atoms with van der Waals surface area (Å²) >= 11 is 0. The molecule has 120 valence electrons. The lowest BCUT2D eigenvalue weighted by Gasteiger charge is -2.26. The Morgan fingerprint density at radius 1 is 1.21 bits per heavy atom. The maximum atomic E-state index is 4.77. The van der Waals surface area contributed by atoms with Gasteiger partial charge in [0, 0.05) is 22.8 Å². The number of hydrogen-bond donors (Lipinski definition) is 1. The first-order valence-electron chi connectivity index (χ1n) is 8.54. The molecule has 1 N–H and O–H groups in total. The van der Waals surface area contributed by atoms with Gasteiger partial charge in [0.25, 0.3) is 0 Å². The Morgan fingerprint density at radius 3 is 2.96 bits per heavy atom. The van der Waals surface area contributed by atoms with Crippen LogP contribution in [0.4, 0.5) is 5.69 Å². The van der Waals surface area contributed by atoms with E-state index in [4.69, 9.17) is 5.10 Å². The monoisotopic (exact) mass is 317 g/mol. The summed E-state index contributed by atoms with van der Waals surface area (Å²) in [4.78, 5) is 9.03. The molecule has 1 fully saturated rings. The third kappa shape index (κ3) is 2.04. The van der Waals surface area contributed by atoms with Crippen LogP contribution in [0.1, 0.15) is 42.3 Å². The number of hydrogen-bond acceptors (Lipinski definition) is 4. The van der Waals surface area contributed by atoms with E-state index >= 15 is 0 Å². The predicted octanol–water partition coefficient (Wildman–Crippen LogP) is 3.84. The summed E-state index contributed by atoms with van der Waals surface area (Å²) in [7, 11) is 0. The van der Waals surface area contributed by atoms with Crippen molar-refractivity contribution in [2.75, 3.05) is 5.32 Å². The number of amidine groups is 1. The highest BCUT2D eigenvalue weighted by Crippen LogP contribution is 2.35. The number of nitrogens with one attached hydrogen (secondary N) is 1. The zero-order valence-electron chi connectivity index (χ0n) is 13.7. The van der Waals surface area contributed by atoms with Gasteiger partial charge in [0.05, 0.1) is 23.8 Å². The van der Waals surface area contributed by atoms with Crippen molar-refractivity contribution in [3.05, 3.63) is 53.5 Å². The first-order chi connectivity index (χ1) is 11.8. The van der Waals surface area contributed by atoms with Gasteiger partial charge in [0.2, 0.25) is 0 Å². The topological polar surface area (TPSA) is 55.1 Å². The van der Waals surface area contributed by atoms with E-state index in [0.717, 1.165) is 22.9 Å². The van der Waals surface area contributed by atoms with E-state index in [0.29, 0.717) is 12.6 Å². The van der Waals surface area contributed by atoms with Gasteiger partial charge in [-0.05, 0) is 50.5 Å². The lowest BCUT2D eigenvalue weighted by molar-refractivity contribution is 0.296. The first-order valence-corrected chi connectivity index (χ1v) is 8.54. The Kier molecular flexibility index (Phi) is 2.95. The molecular weight excluding hydrogens is 298 g/mol. The number of aryl methyl sites for hydroxylation is 1. The first kappa shape index (κ1) is 13.7. The van der Waals surface area contributed by atoms with E-state index in [-0.39, 0.29) is 0 Å². The number of benzene rings is 1. The number of pyridine rings is 1. The lowest BCUT2D eigenvalue weighted by Crippen LogP contribution is -2.18. The molecule has 1 saturated carbocycles. The molecule has 3 aromatic rings. The number of nitrogens with zero attached hydrogens (tertiary/aromatic N) is 4. The summed E-state index contributed by atoms with van der Waals surface area (Å²) in [6.45, 7) is 2.79. The summed E-state index contributed by atoms with van der Waals surface area (Å²) in [6.07, 6.45) is 5.62. The van der Waals surface area contributed by atoms with Gasteiger partial charge in [0.1, 0.15) is 5.69 Å². The van der Waals surface area contributed by atoms with Crippen LogP contribution in [0.15, 0.2) is 41.5 Å². The van der Waals surface area contributed by atoms with E-state index in [1.807, 2.05) is 12.3 Å². The van der Waals surface area contributed by atoms with Crippen LogP contribution < -0.4 is 5.32 Å². The van der Waals surface area contributed by atoms with Crippen molar-refractivity contribution in [2.24, 2.45) is 4.99 Å². The number of fused-ring (bicyclic) bond motifs is 2. The quantitative estimate of drug-likeness (QED) is 0.781. The molecule has 2 aliphatic rings. The normalized spacial score (nSPS) is 16.8. The van der Waals surface area contributed by atoms with Crippen LogP contribution >= 0.6 is 0 Å². The Hall–Kier alpha value is -2.69. The molecule has 2 aromatic heterocycles. The fourth-order valence-electron chi connectivity index (χ4n) is 3.54. The summed E-state index contributed by atoms with van der Waals surface area (Å²) in [5.41, 5.74) is 5.49. The molecule has 1 aliphatic heterocycles. The van der Waals surface area contributed by atoms with Gasteiger partial charge in [-0.3, -0.25) is 14.7 Å². The van der Waals surface area contributed by atoms with Crippen LogP contribution in [0, 0.1) is 6.92 Å². The van der Waals surface area contributed by atoms with Gasteiger partial charge in [-0.2, -0.15) is 5.10 Å². The highest BCUT2D eigenvalue weighted by molar-refractivity contribution is 6.09. The average Bonchev–Trinajstić information content (AvgIpc) is 3.09. The number of rotatable bonds is 2. The highest BCUT2D eigenvalue weighted by Gasteiger charge is 2.23. The van der Waals surface area contributed by atoms with Crippen LogP contribution in [0.2, 0.25) is 0 Å². The molecule has 0 spiro atoms. The van der Waals surface area contributed by atoms with Gasteiger partial charge in [-0.15, -0.1) is 0 Å². The van der Waals surface area contributed by atoms with Crippen molar-refractivity contribution in [1.82, 2.24) is 14.8 Å². The van der Waals surface area contributed by atoms with E-state index in [9.17, 15) is 0 Å². The van der Waals surface area contributed by atoms with Gasteiger partial charge in [0.15, 0.2) is 5.84 Å². The van der Waals surface area contributed by atoms with Crippen molar-refractivity contribution in [1.29, 1.82) is 0 Å². The molecule has 0 bridgehead atoms. The standard InChI is InChI=1S/C19H19N5/c1-12-16-10-14(7-8-17(16)24(23-12)15-5-2-6-15)22-19-18-13(11-21-19)4-3-9-20-18/h3-4,7-10,15H,2,5-6,11H2,1H3,(H,21,22). The second-order valence-electron chi connectivity index (χ2n) is 6.65. The molecular formula is C19H19N5. The van der Waals surface area contributed by atoms with Crippen molar-refractivity contribution in [3.63, 3.8) is 0 Å². The Balaban J connectivity index is 1.49. The van der Waals surface area contributed by atoms with E-state index in [1.165, 1.54) is 35.7 Å². The molecule has 1 aliphatic carbocycles. The Bertz CT molecular complexity index is 965. The molecule has 0 saturated heterocycles. The summed E-state index contributed by atoms with van der Waals surface area (Å²) in [5, 5.41) is 9.41. The number of aromatic nitrogens is 3. The molecule has 0 radical (unpaired) electrons. The maximum Gasteiger partial charge on any atom is 0.152 e. The minimum atomic E-state index is 0.579.